The summed E-state index contributed by atoms with van der Waals surface area (Å²) in [6.07, 6.45) is 4.45. The summed E-state index contributed by atoms with van der Waals surface area (Å²) in [4.78, 5) is 2.42. The Morgan fingerprint density at radius 3 is 2.12 bits per heavy atom. The van der Waals surface area contributed by atoms with Crippen molar-refractivity contribution in [2.24, 2.45) is 0 Å². The summed E-state index contributed by atoms with van der Waals surface area (Å²) in [6.45, 7) is 0.885. The van der Waals surface area contributed by atoms with Gasteiger partial charge in [-0.25, -0.2) is 0 Å². The van der Waals surface area contributed by atoms with Crippen LogP contribution in [0.2, 0.25) is 0 Å². The van der Waals surface area contributed by atoms with E-state index in [1.165, 1.54) is 59.0 Å². The van der Waals surface area contributed by atoms with Gasteiger partial charge >= 0.3 is 0 Å². The van der Waals surface area contributed by atoms with E-state index in [4.69, 9.17) is 0 Å². The van der Waals surface area contributed by atoms with Crippen molar-refractivity contribution in [3.05, 3.63) is 139 Å². The SMILES string of the molecule is C1=Cc2c(sc3cc(N(c4ccc(-c5ccccc5)cc4)c4cc5ccccc5c5ccccc45)ccc23)NC1. The normalized spacial score (nSPS) is 12.5. The molecule has 1 aliphatic rings. The van der Waals surface area contributed by atoms with E-state index in [0.29, 0.717) is 0 Å². The summed E-state index contributed by atoms with van der Waals surface area (Å²) in [5.41, 5.74) is 7.21. The zero-order valence-corrected chi connectivity index (χ0v) is 22.7. The molecule has 0 unspecified atom stereocenters. The van der Waals surface area contributed by atoms with E-state index in [1.54, 1.807) is 0 Å². The molecule has 0 radical (unpaired) electrons. The zero-order chi connectivity index (χ0) is 26.5. The fraction of sp³-hybridized carbons (Fsp3) is 0.0270. The Morgan fingerprint density at radius 2 is 1.27 bits per heavy atom. The molecule has 190 valence electrons. The number of benzene rings is 6. The van der Waals surface area contributed by atoms with Crippen LogP contribution in [0, 0.1) is 0 Å². The van der Waals surface area contributed by atoms with Crippen LogP contribution in [0.3, 0.4) is 0 Å². The lowest BCUT2D eigenvalue weighted by Crippen LogP contribution is -2.10. The van der Waals surface area contributed by atoms with Crippen LogP contribution in [-0.4, -0.2) is 6.54 Å². The van der Waals surface area contributed by atoms with Crippen LogP contribution in [0.5, 0.6) is 0 Å². The molecule has 0 atom stereocenters. The highest BCUT2D eigenvalue weighted by molar-refractivity contribution is 7.23. The Hall–Kier alpha value is -4.86. The maximum Gasteiger partial charge on any atom is 0.0971 e. The third-order valence-electron chi connectivity index (χ3n) is 7.85. The van der Waals surface area contributed by atoms with Crippen LogP contribution in [-0.2, 0) is 0 Å². The van der Waals surface area contributed by atoms with E-state index >= 15 is 0 Å². The highest BCUT2D eigenvalue weighted by Gasteiger charge is 2.19. The summed E-state index contributed by atoms with van der Waals surface area (Å²) in [5.74, 6) is 0. The molecule has 1 aliphatic heterocycles. The standard InChI is InChI=1S/C37H26N2S/c1-2-9-25(10-3-1)26-16-18-28(19-17-26)39(29-20-21-33-34-15-8-22-38-37(34)40-36(33)24-29)35-23-27-11-4-5-12-30(27)31-13-6-7-14-32(31)35/h1-21,23-24,38H,22H2. The summed E-state index contributed by atoms with van der Waals surface area (Å²) < 4.78 is 1.29. The minimum absolute atomic E-state index is 0.885. The first-order valence-corrected chi connectivity index (χ1v) is 14.5. The third kappa shape index (κ3) is 3.78. The van der Waals surface area contributed by atoms with Crippen molar-refractivity contribution in [2.75, 3.05) is 16.8 Å². The van der Waals surface area contributed by atoms with E-state index < -0.39 is 0 Å². The van der Waals surface area contributed by atoms with Gasteiger partial charge in [0.1, 0.15) is 0 Å². The van der Waals surface area contributed by atoms with E-state index in [1.807, 2.05) is 11.3 Å². The maximum absolute atomic E-state index is 3.55. The number of rotatable bonds is 4. The Balaban J connectivity index is 1.37. The fourth-order valence-electron chi connectivity index (χ4n) is 5.95. The topological polar surface area (TPSA) is 15.3 Å². The van der Waals surface area contributed by atoms with E-state index in [9.17, 15) is 0 Å². The molecule has 40 heavy (non-hydrogen) atoms. The quantitative estimate of drug-likeness (QED) is 0.228. The number of nitrogens with one attached hydrogen (secondary N) is 1. The predicted octanol–water partition coefficient (Wildman–Crippen LogP) is 10.8. The molecule has 2 nitrogen and oxygen atoms in total. The van der Waals surface area contributed by atoms with E-state index in [0.717, 1.165) is 17.9 Å². The number of hydrogen-bond acceptors (Lipinski definition) is 3. The average Bonchev–Trinajstić information content (AvgIpc) is 3.40. The molecule has 7 aromatic rings. The van der Waals surface area contributed by atoms with Gasteiger partial charge in [0, 0.05) is 39.0 Å². The van der Waals surface area contributed by atoms with Gasteiger partial charge in [0.25, 0.3) is 0 Å². The first kappa shape index (κ1) is 23.1. The highest BCUT2D eigenvalue weighted by Crippen LogP contribution is 2.45. The molecule has 2 heterocycles. The molecule has 8 rings (SSSR count). The van der Waals surface area contributed by atoms with Crippen LogP contribution in [0.15, 0.2) is 133 Å². The average molecular weight is 531 g/mol. The zero-order valence-electron chi connectivity index (χ0n) is 21.8. The largest absolute Gasteiger partial charge is 0.373 e. The van der Waals surface area contributed by atoms with Gasteiger partial charge in [-0.15, -0.1) is 11.3 Å². The van der Waals surface area contributed by atoms with Gasteiger partial charge in [-0.1, -0.05) is 109 Å². The minimum atomic E-state index is 0.885. The van der Waals surface area contributed by atoms with Crippen molar-refractivity contribution in [1.29, 1.82) is 0 Å². The van der Waals surface area contributed by atoms with Crippen molar-refractivity contribution in [2.45, 2.75) is 0 Å². The van der Waals surface area contributed by atoms with Gasteiger partial charge < -0.3 is 10.2 Å². The van der Waals surface area contributed by atoms with Crippen LogP contribution >= 0.6 is 11.3 Å². The number of nitrogens with zero attached hydrogens (tertiary/aromatic N) is 1. The second-order valence-corrected chi connectivity index (χ2v) is 11.3. The van der Waals surface area contributed by atoms with Gasteiger partial charge in [0.15, 0.2) is 0 Å². The molecular weight excluding hydrogens is 504 g/mol. The Labute approximate surface area is 237 Å². The van der Waals surface area contributed by atoms with Crippen molar-refractivity contribution in [3.8, 4) is 11.1 Å². The minimum Gasteiger partial charge on any atom is -0.373 e. The summed E-state index contributed by atoms with van der Waals surface area (Å²) in [5, 5.41) is 11.1. The molecule has 0 aliphatic carbocycles. The van der Waals surface area contributed by atoms with Gasteiger partial charge in [0.2, 0.25) is 0 Å². The second kappa shape index (κ2) is 9.41. The lowest BCUT2D eigenvalue weighted by atomic mass is 9.98. The summed E-state index contributed by atoms with van der Waals surface area (Å²) >= 11 is 1.84. The molecular formula is C37H26N2S. The maximum atomic E-state index is 3.55. The Kier molecular flexibility index (Phi) is 5.42. The highest BCUT2D eigenvalue weighted by atomic mass is 32.1. The first-order valence-electron chi connectivity index (χ1n) is 13.7. The van der Waals surface area contributed by atoms with Gasteiger partial charge in [0.05, 0.1) is 10.7 Å². The van der Waals surface area contributed by atoms with Crippen molar-refractivity contribution >= 4 is 71.1 Å². The van der Waals surface area contributed by atoms with Crippen LogP contribution in [0.1, 0.15) is 5.56 Å². The van der Waals surface area contributed by atoms with Gasteiger partial charge in [-0.2, -0.15) is 0 Å². The molecule has 0 bridgehead atoms. The van der Waals surface area contributed by atoms with Gasteiger partial charge in [-0.3, -0.25) is 0 Å². The number of anilines is 4. The lowest BCUT2D eigenvalue weighted by molar-refractivity contribution is 1.31. The van der Waals surface area contributed by atoms with Crippen LogP contribution in [0.4, 0.5) is 22.1 Å². The molecule has 0 saturated heterocycles. The number of thiophene rings is 1. The fourth-order valence-corrected chi connectivity index (χ4v) is 7.08. The van der Waals surface area contributed by atoms with E-state index in [-0.39, 0.29) is 0 Å². The molecule has 0 saturated carbocycles. The second-order valence-electron chi connectivity index (χ2n) is 10.2. The molecule has 0 amide bonds. The van der Waals surface area contributed by atoms with Gasteiger partial charge in [-0.05, 0) is 57.6 Å². The third-order valence-corrected chi connectivity index (χ3v) is 8.98. The monoisotopic (exact) mass is 530 g/mol. The van der Waals surface area contributed by atoms with E-state index in [2.05, 4.69) is 150 Å². The molecule has 0 spiro atoms. The number of hydrogen-bond donors (Lipinski definition) is 1. The molecule has 1 aromatic heterocycles. The van der Waals surface area contributed by atoms with Crippen molar-refractivity contribution in [3.63, 3.8) is 0 Å². The molecule has 0 fully saturated rings. The molecule has 3 heteroatoms. The number of fused-ring (bicyclic) bond motifs is 6. The predicted molar refractivity (Wildman–Crippen MR) is 174 cm³/mol. The molecule has 1 N–H and O–H groups in total. The smallest absolute Gasteiger partial charge is 0.0971 e. The van der Waals surface area contributed by atoms with Crippen molar-refractivity contribution in [1.82, 2.24) is 0 Å². The lowest BCUT2D eigenvalue weighted by Gasteiger charge is -2.28. The van der Waals surface area contributed by atoms with Crippen LogP contribution in [0.25, 0.3) is 48.8 Å². The van der Waals surface area contributed by atoms with Crippen LogP contribution < -0.4 is 10.2 Å². The molecule has 6 aromatic carbocycles. The Morgan fingerprint density at radius 1 is 0.575 bits per heavy atom. The summed E-state index contributed by atoms with van der Waals surface area (Å²) in [7, 11) is 0. The van der Waals surface area contributed by atoms with Crippen molar-refractivity contribution < 1.29 is 0 Å². The first-order chi connectivity index (χ1) is 19.8. The Bertz CT molecular complexity index is 2050. The summed E-state index contributed by atoms with van der Waals surface area (Å²) in [6, 6.07) is 46.3.